The Morgan fingerprint density at radius 2 is 1.85 bits per heavy atom. The van der Waals surface area contributed by atoms with Crippen LogP contribution in [0.1, 0.15) is 16.1 Å². The van der Waals surface area contributed by atoms with E-state index in [0.717, 1.165) is 18.2 Å². The summed E-state index contributed by atoms with van der Waals surface area (Å²) >= 11 is 3.11. The molecule has 0 fully saturated rings. The van der Waals surface area contributed by atoms with E-state index in [1.54, 1.807) is 12.1 Å². The Morgan fingerprint density at radius 1 is 1.15 bits per heavy atom. The van der Waals surface area contributed by atoms with Gasteiger partial charge in [-0.15, -0.1) is 0 Å². The van der Waals surface area contributed by atoms with Crippen LogP contribution < -0.4 is 10.9 Å². The van der Waals surface area contributed by atoms with E-state index in [4.69, 9.17) is 9.15 Å². The molecule has 0 aliphatic carbocycles. The molecule has 1 aromatic carbocycles. The van der Waals surface area contributed by atoms with Crippen LogP contribution in [-0.4, -0.2) is 29.3 Å². The quantitative estimate of drug-likeness (QED) is 0.304. The summed E-state index contributed by atoms with van der Waals surface area (Å²) in [6.07, 6.45) is 2.44. The lowest BCUT2D eigenvalue weighted by Gasteiger charge is -2.07. The highest BCUT2D eigenvalue weighted by Crippen LogP contribution is 2.15. The van der Waals surface area contributed by atoms with Gasteiger partial charge >= 0.3 is 5.97 Å². The molecule has 2 amide bonds. The van der Waals surface area contributed by atoms with Gasteiger partial charge in [0.1, 0.15) is 5.76 Å². The molecule has 2 rings (SSSR count). The number of carbonyl (C=O) groups excluding carboxylic acids is 3. The number of carbonyl (C=O) groups is 3. The first-order valence-electron chi connectivity index (χ1n) is 7.29. The van der Waals surface area contributed by atoms with E-state index in [0.29, 0.717) is 10.4 Å². The molecule has 0 aliphatic heterocycles. The largest absolute Gasteiger partial charge is 0.452 e. The second kappa shape index (κ2) is 9.29. The number of esters is 1. The molecule has 2 N–H and O–H groups in total. The Hall–Kier alpha value is -3.47. The number of amides is 2. The highest BCUT2D eigenvalue weighted by atomic mass is 79.9. The second-order valence-electron chi connectivity index (χ2n) is 4.89. The van der Waals surface area contributed by atoms with Crippen molar-refractivity contribution in [3.05, 3.63) is 68.6 Å². The minimum absolute atomic E-state index is 0.102. The Labute approximate surface area is 160 Å². The Balaban J connectivity index is 1.73. The van der Waals surface area contributed by atoms with Gasteiger partial charge < -0.3 is 9.15 Å². The number of benzene rings is 1. The monoisotopic (exact) mass is 437 g/mol. The number of nitrogens with one attached hydrogen (secondary N) is 2. The van der Waals surface area contributed by atoms with Crippen molar-refractivity contribution in [2.45, 2.75) is 0 Å². The zero-order valence-corrected chi connectivity index (χ0v) is 15.1. The van der Waals surface area contributed by atoms with Crippen molar-refractivity contribution < 1.29 is 28.5 Å². The highest BCUT2D eigenvalue weighted by molar-refractivity contribution is 9.10. The molecule has 0 bridgehead atoms. The fourth-order valence-corrected chi connectivity index (χ4v) is 2.04. The molecule has 11 heteroatoms. The smallest absolute Gasteiger partial charge is 0.331 e. The van der Waals surface area contributed by atoms with Crippen molar-refractivity contribution in [3.63, 3.8) is 0 Å². The molecular weight excluding hydrogens is 426 g/mol. The fourth-order valence-electron chi connectivity index (χ4n) is 1.72. The highest BCUT2D eigenvalue weighted by Gasteiger charge is 2.11. The summed E-state index contributed by atoms with van der Waals surface area (Å²) < 4.78 is 10.3. The summed E-state index contributed by atoms with van der Waals surface area (Å²) in [5.74, 6) is -1.82. The van der Waals surface area contributed by atoms with Gasteiger partial charge in [0, 0.05) is 23.8 Å². The summed E-state index contributed by atoms with van der Waals surface area (Å²) in [5.41, 5.74) is 4.08. The SMILES string of the molecule is O=C(COC(=O)/C=C/c1ccc(Br)o1)NNC(=O)c1ccc([N+](=O)[O-])cc1. The summed E-state index contributed by atoms with van der Waals surface area (Å²) in [7, 11) is 0. The van der Waals surface area contributed by atoms with Gasteiger partial charge in [0.15, 0.2) is 11.3 Å². The third-order valence-electron chi connectivity index (χ3n) is 2.98. The average molecular weight is 438 g/mol. The van der Waals surface area contributed by atoms with Gasteiger partial charge in [-0.05, 0) is 46.3 Å². The molecule has 0 saturated heterocycles. The number of furan rings is 1. The maximum atomic E-state index is 11.8. The molecule has 1 heterocycles. The van der Waals surface area contributed by atoms with E-state index < -0.39 is 29.3 Å². The predicted octanol–water partition coefficient (Wildman–Crippen LogP) is 1.97. The Morgan fingerprint density at radius 3 is 2.44 bits per heavy atom. The van der Waals surface area contributed by atoms with Gasteiger partial charge in [0.2, 0.25) is 0 Å². The van der Waals surface area contributed by atoms with E-state index in [1.807, 2.05) is 0 Å². The first-order valence-corrected chi connectivity index (χ1v) is 8.08. The summed E-state index contributed by atoms with van der Waals surface area (Å²) in [6, 6.07) is 8.04. The Bertz CT molecular complexity index is 890. The maximum Gasteiger partial charge on any atom is 0.331 e. The summed E-state index contributed by atoms with van der Waals surface area (Å²) in [4.78, 5) is 44.8. The first-order chi connectivity index (χ1) is 12.8. The third-order valence-corrected chi connectivity index (χ3v) is 3.41. The number of hydrogen-bond donors (Lipinski definition) is 2. The van der Waals surface area contributed by atoms with Crippen LogP contribution in [0.15, 0.2) is 51.6 Å². The lowest BCUT2D eigenvalue weighted by atomic mass is 10.2. The van der Waals surface area contributed by atoms with Crippen molar-refractivity contribution in [2.75, 3.05) is 6.61 Å². The van der Waals surface area contributed by atoms with Gasteiger partial charge in [0.25, 0.3) is 17.5 Å². The molecule has 0 aliphatic rings. The van der Waals surface area contributed by atoms with Crippen molar-refractivity contribution in [1.29, 1.82) is 0 Å². The number of ether oxygens (including phenoxy) is 1. The number of nitro groups is 1. The van der Waals surface area contributed by atoms with Crippen molar-refractivity contribution in [2.24, 2.45) is 0 Å². The standard InChI is InChI=1S/C16H12BrN3O7/c17-13-7-5-12(27-13)6-8-15(22)26-9-14(21)18-19-16(23)10-1-3-11(4-2-10)20(24)25/h1-8H,9H2,(H,18,21)(H,19,23)/b8-6+. The van der Waals surface area contributed by atoms with Crippen molar-refractivity contribution >= 4 is 45.5 Å². The Kier molecular flexibility index (Phi) is 6.83. The van der Waals surface area contributed by atoms with E-state index in [9.17, 15) is 24.5 Å². The third kappa shape index (κ3) is 6.40. The van der Waals surface area contributed by atoms with Crippen LogP contribution in [0, 0.1) is 10.1 Å². The zero-order chi connectivity index (χ0) is 19.8. The molecule has 1 aromatic heterocycles. The maximum absolute atomic E-state index is 11.8. The molecule has 0 unspecified atom stereocenters. The summed E-state index contributed by atoms with van der Waals surface area (Å²) in [5, 5.41) is 10.5. The number of nitrogens with zero attached hydrogens (tertiary/aromatic N) is 1. The van der Waals surface area contributed by atoms with Crippen LogP contribution in [0.3, 0.4) is 0 Å². The second-order valence-corrected chi connectivity index (χ2v) is 5.67. The van der Waals surface area contributed by atoms with E-state index in [1.165, 1.54) is 18.2 Å². The van der Waals surface area contributed by atoms with E-state index >= 15 is 0 Å². The fraction of sp³-hybridized carbons (Fsp3) is 0.0625. The molecule has 2 aromatic rings. The molecule has 10 nitrogen and oxygen atoms in total. The van der Waals surface area contributed by atoms with Crippen molar-refractivity contribution in [3.8, 4) is 0 Å². The first kappa shape index (κ1) is 19.8. The zero-order valence-electron chi connectivity index (χ0n) is 13.5. The minimum atomic E-state index is -0.778. The van der Waals surface area contributed by atoms with Crippen LogP contribution in [-0.2, 0) is 14.3 Å². The lowest BCUT2D eigenvalue weighted by Crippen LogP contribution is -2.43. The van der Waals surface area contributed by atoms with E-state index in [-0.39, 0.29) is 11.3 Å². The molecule has 27 heavy (non-hydrogen) atoms. The number of non-ortho nitro benzene ring substituents is 1. The minimum Gasteiger partial charge on any atom is -0.452 e. The summed E-state index contributed by atoms with van der Waals surface area (Å²) in [6.45, 7) is -0.619. The normalized spacial score (nSPS) is 10.4. The number of hydrogen-bond acceptors (Lipinski definition) is 7. The number of hydrazine groups is 1. The van der Waals surface area contributed by atoms with Gasteiger partial charge in [0.05, 0.1) is 4.92 Å². The van der Waals surface area contributed by atoms with Gasteiger partial charge in [-0.3, -0.25) is 30.6 Å². The molecule has 0 atom stereocenters. The van der Waals surface area contributed by atoms with Crippen LogP contribution in [0.2, 0.25) is 0 Å². The van der Waals surface area contributed by atoms with Crippen LogP contribution in [0.5, 0.6) is 0 Å². The van der Waals surface area contributed by atoms with Gasteiger partial charge in [-0.2, -0.15) is 0 Å². The van der Waals surface area contributed by atoms with Crippen molar-refractivity contribution in [1.82, 2.24) is 10.9 Å². The molecular formula is C16H12BrN3O7. The number of halogens is 1. The number of rotatable bonds is 6. The van der Waals surface area contributed by atoms with Crippen LogP contribution in [0.25, 0.3) is 6.08 Å². The molecule has 140 valence electrons. The molecule has 0 radical (unpaired) electrons. The van der Waals surface area contributed by atoms with E-state index in [2.05, 4.69) is 26.8 Å². The molecule has 0 spiro atoms. The lowest BCUT2D eigenvalue weighted by molar-refractivity contribution is -0.384. The topological polar surface area (TPSA) is 141 Å². The molecule has 0 saturated carbocycles. The average Bonchev–Trinajstić information content (AvgIpc) is 3.08. The van der Waals surface area contributed by atoms with Gasteiger partial charge in [-0.1, -0.05) is 0 Å². The predicted molar refractivity (Wildman–Crippen MR) is 95.1 cm³/mol. The number of nitro benzene ring substituents is 1. The van der Waals surface area contributed by atoms with Crippen LogP contribution >= 0.6 is 15.9 Å². The van der Waals surface area contributed by atoms with Gasteiger partial charge in [-0.25, -0.2) is 4.79 Å². The van der Waals surface area contributed by atoms with Crippen LogP contribution in [0.4, 0.5) is 5.69 Å².